The Morgan fingerprint density at radius 3 is 2.94 bits per heavy atom. The van der Waals surface area contributed by atoms with Crippen molar-refractivity contribution in [1.29, 1.82) is 0 Å². The zero-order valence-corrected chi connectivity index (χ0v) is 10.0. The third kappa shape index (κ3) is 2.38. The van der Waals surface area contributed by atoms with Crippen LogP contribution in [-0.2, 0) is 9.53 Å². The average Bonchev–Trinajstić information content (AvgIpc) is 2.74. The van der Waals surface area contributed by atoms with Gasteiger partial charge in [-0.3, -0.25) is 4.79 Å². The van der Waals surface area contributed by atoms with Crippen LogP contribution in [0.1, 0.15) is 26.2 Å². The number of carbonyl (C=O) groups is 1. The first-order valence-electron chi connectivity index (χ1n) is 6.34. The van der Waals surface area contributed by atoms with Crippen LogP contribution in [0.15, 0.2) is 0 Å². The zero-order valence-electron chi connectivity index (χ0n) is 10.0. The van der Waals surface area contributed by atoms with Crippen LogP contribution in [0.25, 0.3) is 0 Å². The summed E-state index contributed by atoms with van der Waals surface area (Å²) in [6.45, 7) is 5.05. The molecular weight excluding hydrogens is 204 g/mol. The summed E-state index contributed by atoms with van der Waals surface area (Å²) in [5.74, 6) is 0.787. The third-order valence-corrected chi connectivity index (χ3v) is 3.85. The van der Waals surface area contributed by atoms with E-state index in [1.54, 1.807) is 0 Å². The van der Waals surface area contributed by atoms with E-state index in [1.807, 2.05) is 4.90 Å². The van der Waals surface area contributed by atoms with E-state index in [-0.39, 0.29) is 17.9 Å². The Kier molecular flexibility index (Phi) is 3.82. The van der Waals surface area contributed by atoms with Crippen molar-refractivity contribution in [2.45, 2.75) is 32.2 Å². The second-order valence-electron chi connectivity index (χ2n) is 5.01. The molecule has 2 saturated heterocycles. The van der Waals surface area contributed by atoms with Crippen LogP contribution >= 0.6 is 0 Å². The Balaban J connectivity index is 1.93. The van der Waals surface area contributed by atoms with Gasteiger partial charge in [0.15, 0.2) is 0 Å². The van der Waals surface area contributed by atoms with Gasteiger partial charge >= 0.3 is 0 Å². The van der Waals surface area contributed by atoms with E-state index >= 15 is 0 Å². The fourth-order valence-corrected chi connectivity index (χ4v) is 2.66. The molecule has 0 aromatic heterocycles. The van der Waals surface area contributed by atoms with Crippen molar-refractivity contribution < 1.29 is 9.53 Å². The van der Waals surface area contributed by atoms with Gasteiger partial charge in [0.2, 0.25) is 5.91 Å². The molecular formula is C12H22N2O2. The van der Waals surface area contributed by atoms with Gasteiger partial charge in [0.25, 0.3) is 0 Å². The van der Waals surface area contributed by atoms with E-state index < -0.39 is 0 Å². The largest absolute Gasteiger partial charge is 0.379 e. The van der Waals surface area contributed by atoms with Gasteiger partial charge in [-0.05, 0) is 18.8 Å². The first-order chi connectivity index (χ1) is 7.72. The van der Waals surface area contributed by atoms with Gasteiger partial charge in [0.1, 0.15) is 0 Å². The second kappa shape index (κ2) is 5.15. The number of hydrogen-bond donors (Lipinski definition) is 1. The number of rotatable bonds is 2. The highest BCUT2D eigenvalue weighted by molar-refractivity contribution is 5.80. The molecule has 0 bridgehead atoms. The SMILES string of the molecule is CCC1CCCN(C(=O)C2COCC2N)C1. The highest BCUT2D eigenvalue weighted by Crippen LogP contribution is 2.22. The summed E-state index contributed by atoms with van der Waals surface area (Å²) < 4.78 is 5.26. The zero-order chi connectivity index (χ0) is 11.5. The van der Waals surface area contributed by atoms with E-state index in [0.717, 1.165) is 25.9 Å². The minimum atomic E-state index is -0.102. The Morgan fingerprint density at radius 2 is 2.31 bits per heavy atom. The van der Waals surface area contributed by atoms with E-state index in [0.29, 0.717) is 19.1 Å². The van der Waals surface area contributed by atoms with Crippen molar-refractivity contribution in [1.82, 2.24) is 4.90 Å². The summed E-state index contributed by atoms with van der Waals surface area (Å²) in [5, 5.41) is 0. The van der Waals surface area contributed by atoms with Crippen molar-refractivity contribution in [2.75, 3.05) is 26.3 Å². The number of amides is 1. The fraction of sp³-hybridized carbons (Fsp3) is 0.917. The van der Waals surface area contributed by atoms with Crippen LogP contribution in [-0.4, -0.2) is 43.2 Å². The first kappa shape index (κ1) is 11.9. The van der Waals surface area contributed by atoms with Crippen molar-refractivity contribution in [3.63, 3.8) is 0 Å². The third-order valence-electron chi connectivity index (χ3n) is 3.85. The number of nitrogens with zero attached hydrogens (tertiary/aromatic N) is 1. The molecule has 0 radical (unpaired) electrons. The van der Waals surface area contributed by atoms with Gasteiger partial charge in [-0.1, -0.05) is 13.3 Å². The molecule has 0 saturated carbocycles. The Hall–Kier alpha value is -0.610. The van der Waals surface area contributed by atoms with Crippen LogP contribution in [0.4, 0.5) is 0 Å². The molecule has 3 atom stereocenters. The number of piperidine rings is 1. The summed E-state index contributed by atoms with van der Waals surface area (Å²) in [4.78, 5) is 14.2. The molecule has 0 aliphatic carbocycles. The van der Waals surface area contributed by atoms with E-state index in [1.165, 1.54) is 6.42 Å². The fourth-order valence-electron chi connectivity index (χ4n) is 2.66. The molecule has 0 aromatic carbocycles. The lowest BCUT2D eigenvalue weighted by Gasteiger charge is -2.34. The van der Waals surface area contributed by atoms with Crippen molar-refractivity contribution in [2.24, 2.45) is 17.6 Å². The maximum absolute atomic E-state index is 12.2. The maximum Gasteiger partial charge on any atom is 0.229 e. The summed E-state index contributed by atoms with van der Waals surface area (Å²) in [6.07, 6.45) is 3.55. The predicted octanol–water partition coefficient (Wildman–Crippen LogP) is 0.609. The van der Waals surface area contributed by atoms with Gasteiger partial charge in [-0.15, -0.1) is 0 Å². The highest BCUT2D eigenvalue weighted by atomic mass is 16.5. The summed E-state index contributed by atoms with van der Waals surface area (Å²) in [5.41, 5.74) is 5.88. The van der Waals surface area contributed by atoms with Crippen molar-refractivity contribution >= 4 is 5.91 Å². The lowest BCUT2D eigenvalue weighted by Crippen LogP contribution is -2.47. The van der Waals surface area contributed by atoms with E-state index in [4.69, 9.17) is 10.5 Å². The van der Waals surface area contributed by atoms with Gasteiger partial charge < -0.3 is 15.4 Å². The minimum absolute atomic E-state index is 0.101. The minimum Gasteiger partial charge on any atom is -0.379 e. The molecule has 2 N–H and O–H groups in total. The Bertz CT molecular complexity index is 257. The topological polar surface area (TPSA) is 55.6 Å². The molecule has 0 spiro atoms. The van der Waals surface area contributed by atoms with Crippen molar-refractivity contribution in [3.05, 3.63) is 0 Å². The molecule has 2 aliphatic heterocycles. The number of carbonyl (C=O) groups excluding carboxylic acids is 1. The molecule has 3 unspecified atom stereocenters. The molecule has 4 heteroatoms. The van der Waals surface area contributed by atoms with E-state index in [9.17, 15) is 4.79 Å². The molecule has 92 valence electrons. The quantitative estimate of drug-likeness (QED) is 0.750. The van der Waals surface area contributed by atoms with Crippen molar-refractivity contribution in [3.8, 4) is 0 Å². The summed E-state index contributed by atoms with van der Waals surface area (Å²) >= 11 is 0. The van der Waals surface area contributed by atoms with Gasteiger partial charge in [0.05, 0.1) is 19.1 Å². The number of nitrogens with two attached hydrogens (primary N) is 1. The van der Waals surface area contributed by atoms with Crippen LogP contribution in [0.3, 0.4) is 0 Å². The standard InChI is InChI=1S/C12H22N2O2/c1-2-9-4-3-5-14(6-9)12(15)10-7-16-8-11(10)13/h9-11H,2-8,13H2,1H3. The monoisotopic (exact) mass is 226 g/mol. The second-order valence-corrected chi connectivity index (χ2v) is 5.01. The Morgan fingerprint density at radius 1 is 1.50 bits per heavy atom. The molecule has 0 aromatic rings. The molecule has 2 heterocycles. The van der Waals surface area contributed by atoms with Crippen LogP contribution in [0.2, 0.25) is 0 Å². The predicted molar refractivity (Wildman–Crippen MR) is 61.9 cm³/mol. The molecule has 2 fully saturated rings. The number of likely N-dealkylation sites (tertiary alicyclic amines) is 1. The Labute approximate surface area is 97.1 Å². The number of ether oxygens (including phenoxy) is 1. The summed E-state index contributed by atoms with van der Waals surface area (Å²) in [7, 11) is 0. The highest BCUT2D eigenvalue weighted by Gasteiger charge is 2.35. The first-order valence-corrected chi connectivity index (χ1v) is 6.34. The van der Waals surface area contributed by atoms with Gasteiger partial charge in [-0.25, -0.2) is 0 Å². The van der Waals surface area contributed by atoms with Gasteiger partial charge in [0, 0.05) is 19.1 Å². The molecule has 2 aliphatic rings. The molecule has 1 amide bonds. The molecule has 2 rings (SSSR count). The smallest absolute Gasteiger partial charge is 0.229 e. The lowest BCUT2D eigenvalue weighted by atomic mass is 9.93. The normalized spacial score (nSPS) is 35.4. The van der Waals surface area contributed by atoms with Crippen LogP contribution in [0, 0.1) is 11.8 Å². The van der Waals surface area contributed by atoms with Crippen LogP contribution < -0.4 is 5.73 Å². The molecule has 4 nitrogen and oxygen atoms in total. The molecule has 16 heavy (non-hydrogen) atoms. The van der Waals surface area contributed by atoms with Gasteiger partial charge in [-0.2, -0.15) is 0 Å². The maximum atomic E-state index is 12.2. The average molecular weight is 226 g/mol. The lowest BCUT2D eigenvalue weighted by molar-refractivity contribution is -0.137. The van der Waals surface area contributed by atoms with Crippen LogP contribution in [0.5, 0.6) is 0 Å². The van der Waals surface area contributed by atoms with E-state index in [2.05, 4.69) is 6.92 Å². The number of hydrogen-bond acceptors (Lipinski definition) is 3. The summed E-state index contributed by atoms with van der Waals surface area (Å²) in [6, 6.07) is -0.102.